The fraction of sp³-hybridized carbons (Fsp3) is 0.235. The van der Waals surface area contributed by atoms with Gasteiger partial charge < -0.3 is 14.6 Å². The molecule has 2 aromatic carbocycles. The van der Waals surface area contributed by atoms with E-state index in [0.29, 0.717) is 11.3 Å². The molecule has 1 heterocycles. The Balaban J connectivity index is 1.86. The summed E-state index contributed by atoms with van der Waals surface area (Å²) in [6.45, 7) is -0.0329. The van der Waals surface area contributed by atoms with Crippen molar-refractivity contribution in [3.63, 3.8) is 0 Å². The van der Waals surface area contributed by atoms with E-state index in [1.54, 1.807) is 43.5 Å². The molecule has 0 fully saturated rings. The van der Waals surface area contributed by atoms with Gasteiger partial charge in [0, 0.05) is 6.42 Å². The maximum Gasteiger partial charge on any atom is 0.201 e. The van der Waals surface area contributed by atoms with Crippen molar-refractivity contribution < 1.29 is 19.4 Å². The largest absolute Gasteiger partial charge is 0.497 e. The molecule has 3 rings (SSSR count). The number of carbonyl (C=O) groups is 1. The number of benzene rings is 2. The van der Waals surface area contributed by atoms with Crippen LogP contribution in [0, 0.1) is 0 Å². The molecule has 1 aliphatic rings. The molecule has 0 aliphatic carbocycles. The van der Waals surface area contributed by atoms with Gasteiger partial charge in [-0.3, -0.25) is 4.79 Å². The highest BCUT2D eigenvalue weighted by molar-refractivity contribution is 6.05. The van der Waals surface area contributed by atoms with Crippen LogP contribution >= 0.6 is 0 Å². The molecule has 1 atom stereocenters. The van der Waals surface area contributed by atoms with E-state index in [0.717, 1.165) is 11.3 Å². The van der Waals surface area contributed by atoms with Crippen molar-refractivity contribution in [2.24, 2.45) is 0 Å². The highest BCUT2D eigenvalue weighted by atomic mass is 16.5. The zero-order chi connectivity index (χ0) is 14.9. The molecule has 21 heavy (non-hydrogen) atoms. The minimum Gasteiger partial charge on any atom is -0.497 e. The second-order valence-electron chi connectivity index (χ2n) is 5.17. The number of Topliss-reactive ketones (excluding diaryl/α,β-unsaturated/α-hetero) is 1. The third kappa shape index (κ3) is 2.50. The Bertz CT molecular complexity index is 663. The Labute approximate surface area is 122 Å². The number of hydrogen-bond donors (Lipinski definition) is 1. The van der Waals surface area contributed by atoms with Crippen LogP contribution < -0.4 is 9.47 Å². The van der Waals surface area contributed by atoms with Gasteiger partial charge in [0.15, 0.2) is 5.60 Å². The fourth-order valence-electron chi connectivity index (χ4n) is 2.51. The number of para-hydroxylation sites is 1. The van der Waals surface area contributed by atoms with Gasteiger partial charge in [-0.15, -0.1) is 0 Å². The van der Waals surface area contributed by atoms with Gasteiger partial charge in [-0.1, -0.05) is 24.3 Å². The van der Waals surface area contributed by atoms with E-state index < -0.39 is 5.60 Å². The average Bonchev–Trinajstić information content (AvgIpc) is 2.52. The summed E-state index contributed by atoms with van der Waals surface area (Å²) in [6.07, 6.45) is 0.212. The molecule has 1 N–H and O–H groups in total. The predicted octanol–water partition coefficient (Wildman–Crippen LogP) is 2.24. The second kappa shape index (κ2) is 5.22. The lowest BCUT2D eigenvalue weighted by molar-refractivity contribution is -0.00193. The molecule has 0 unspecified atom stereocenters. The summed E-state index contributed by atoms with van der Waals surface area (Å²) in [5.74, 6) is 0.976. The SMILES string of the molecule is COc1ccc(C[C@]2(O)COc3ccccc3C2=O)cc1. The molecule has 108 valence electrons. The van der Waals surface area contributed by atoms with Crippen molar-refractivity contribution in [3.05, 3.63) is 59.7 Å². The van der Waals surface area contributed by atoms with E-state index in [2.05, 4.69) is 0 Å². The van der Waals surface area contributed by atoms with Crippen LogP contribution in [0.25, 0.3) is 0 Å². The third-order valence-electron chi connectivity index (χ3n) is 3.68. The molecule has 0 aromatic heterocycles. The Morgan fingerprint density at radius 1 is 1.19 bits per heavy atom. The lowest BCUT2D eigenvalue weighted by Gasteiger charge is -2.32. The predicted molar refractivity (Wildman–Crippen MR) is 77.9 cm³/mol. The monoisotopic (exact) mass is 284 g/mol. The van der Waals surface area contributed by atoms with Crippen LogP contribution in [0.3, 0.4) is 0 Å². The van der Waals surface area contributed by atoms with Crippen molar-refractivity contribution in [3.8, 4) is 11.5 Å². The van der Waals surface area contributed by atoms with Crippen LogP contribution in [0.15, 0.2) is 48.5 Å². The highest BCUT2D eigenvalue weighted by Crippen LogP contribution is 2.31. The second-order valence-corrected chi connectivity index (χ2v) is 5.17. The van der Waals surface area contributed by atoms with Gasteiger partial charge in [0.25, 0.3) is 0 Å². The van der Waals surface area contributed by atoms with Crippen molar-refractivity contribution in [1.82, 2.24) is 0 Å². The summed E-state index contributed by atoms with van der Waals surface area (Å²) in [5, 5.41) is 10.7. The summed E-state index contributed by atoms with van der Waals surface area (Å²) >= 11 is 0. The number of methoxy groups -OCH3 is 1. The Kier molecular flexibility index (Phi) is 3.39. The van der Waals surface area contributed by atoms with Gasteiger partial charge in [0.2, 0.25) is 5.78 Å². The van der Waals surface area contributed by atoms with Crippen molar-refractivity contribution >= 4 is 5.78 Å². The van der Waals surface area contributed by atoms with Crippen molar-refractivity contribution in [2.75, 3.05) is 13.7 Å². The topological polar surface area (TPSA) is 55.8 Å². The zero-order valence-corrected chi connectivity index (χ0v) is 11.7. The average molecular weight is 284 g/mol. The molecular weight excluding hydrogens is 268 g/mol. The maximum absolute atomic E-state index is 12.5. The van der Waals surface area contributed by atoms with Crippen molar-refractivity contribution in [1.29, 1.82) is 0 Å². The molecular formula is C17H16O4. The molecule has 4 heteroatoms. The van der Waals surface area contributed by atoms with Gasteiger partial charge in [-0.25, -0.2) is 0 Å². The van der Waals surface area contributed by atoms with Crippen LogP contribution in [0.5, 0.6) is 11.5 Å². The summed E-state index contributed by atoms with van der Waals surface area (Å²) in [5.41, 5.74) is -0.238. The smallest absolute Gasteiger partial charge is 0.201 e. The molecule has 1 aliphatic heterocycles. The summed E-state index contributed by atoms with van der Waals surface area (Å²) < 4.78 is 10.6. The molecule has 4 nitrogen and oxygen atoms in total. The van der Waals surface area contributed by atoms with Crippen LogP contribution in [0.1, 0.15) is 15.9 Å². The van der Waals surface area contributed by atoms with E-state index in [4.69, 9.17) is 9.47 Å². The molecule has 0 spiro atoms. The number of ether oxygens (including phenoxy) is 2. The fourth-order valence-corrected chi connectivity index (χ4v) is 2.51. The summed E-state index contributed by atoms with van der Waals surface area (Å²) in [6, 6.07) is 14.3. The third-order valence-corrected chi connectivity index (χ3v) is 3.68. The van der Waals surface area contributed by atoms with Gasteiger partial charge >= 0.3 is 0 Å². The summed E-state index contributed by atoms with van der Waals surface area (Å²) in [7, 11) is 1.60. The Morgan fingerprint density at radius 2 is 1.90 bits per heavy atom. The van der Waals surface area contributed by atoms with Crippen LogP contribution in [-0.2, 0) is 6.42 Å². The van der Waals surface area contributed by atoms with Crippen LogP contribution in [0.2, 0.25) is 0 Å². The molecule has 0 saturated carbocycles. The van der Waals surface area contributed by atoms with E-state index in [-0.39, 0.29) is 18.8 Å². The molecule has 2 aromatic rings. The first-order chi connectivity index (χ1) is 10.1. The number of aliphatic hydroxyl groups is 1. The Morgan fingerprint density at radius 3 is 2.62 bits per heavy atom. The van der Waals surface area contributed by atoms with Gasteiger partial charge in [-0.2, -0.15) is 0 Å². The van der Waals surface area contributed by atoms with Crippen LogP contribution in [0.4, 0.5) is 0 Å². The summed E-state index contributed by atoms with van der Waals surface area (Å²) in [4.78, 5) is 12.5. The minimum atomic E-state index is -1.52. The maximum atomic E-state index is 12.5. The number of ketones is 1. The van der Waals surface area contributed by atoms with E-state index in [1.165, 1.54) is 0 Å². The van der Waals surface area contributed by atoms with E-state index in [9.17, 15) is 9.90 Å². The first-order valence-electron chi connectivity index (χ1n) is 6.74. The minimum absolute atomic E-state index is 0.0329. The van der Waals surface area contributed by atoms with Crippen molar-refractivity contribution in [2.45, 2.75) is 12.0 Å². The number of carbonyl (C=O) groups excluding carboxylic acids is 1. The number of fused-ring (bicyclic) bond motifs is 1. The van der Waals surface area contributed by atoms with Gasteiger partial charge in [0.1, 0.15) is 18.1 Å². The first kappa shape index (κ1) is 13.6. The molecule has 0 saturated heterocycles. The van der Waals surface area contributed by atoms with Crippen LogP contribution in [-0.4, -0.2) is 30.2 Å². The highest BCUT2D eigenvalue weighted by Gasteiger charge is 2.42. The molecule has 0 amide bonds. The van der Waals surface area contributed by atoms with E-state index >= 15 is 0 Å². The van der Waals surface area contributed by atoms with Gasteiger partial charge in [-0.05, 0) is 29.8 Å². The number of hydrogen-bond acceptors (Lipinski definition) is 4. The standard InChI is InChI=1S/C17H16O4/c1-20-13-8-6-12(7-9-13)10-17(19)11-21-15-5-3-2-4-14(15)16(17)18/h2-9,19H,10-11H2,1H3/t17-/m0/s1. The lowest BCUT2D eigenvalue weighted by Crippen LogP contribution is -2.49. The van der Waals surface area contributed by atoms with Gasteiger partial charge in [0.05, 0.1) is 12.7 Å². The Hall–Kier alpha value is -2.33. The normalized spacial score (nSPS) is 20.6. The lowest BCUT2D eigenvalue weighted by atomic mass is 9.85. The van der Waals surface area contributed by atoms with E-state index in [1.807, 2.05) is 12.1 Å². The zero-order valence-electron chi connectivity index (χ0n) is 11.7. The number of rotatable bonds is 3. The first-order valence-corrected chi connectivity index (χ1v) is 6.74. The molecule has 0 bridgehead atoms. The molecule has 0 radical (unpaired) electrons. The quantitative estimate of drug-likeness (QED) is 0.939.